The van der Waals surface area contributed by atoms with E-state index in [-0.39, 0.29) is 11.3 Å². The first-order valence-corrected chi connectivity index (χ1v) is 9.37. The summed E-state index contributed by atoms with van der Waals surface area (Å²) in [7, 11) is 0. The Hall–Kier alpha value is -3.63. The number of nitrogens with one attached hydrogen (secondary N) is 1. The topological polar surface area (TPSA) is 79.2 Å². The zero-order valence-corrected chi connectivity index (χ0v) is 15.9. The van der Waals surface area contributed by atoms with Crippen LogP contribution in [0, 0.1) is 17.1 Å². The Labute approximate surface area is 171 Å². The molecule has 29 heavy (non-hydrogen) atoms. The summed E-state index contributed by atoms with van der Waals surface area (Å²) in [6.07, 6.45) is 0. The summed E-state index contributed by atoms with van der Waals surface area (Å²) in [6.45, 7) is -0.511. The first-order chi connectivity index (χ1) is 14.1. The maximum Gasteiger partial charge on any atom is 0.339 e. The molecule has 0 saturated carbocycles. The molecule has 144 valence electrons. The molecule has 1 N–H and O–H groups in total. The molecule has 3 aromatic rings. The number of rotatable bonds is 6. The highest BCUT2D eigenvalue weighted by atomic mass is 32.2. The second-order valence-electron chi connectivity index (χ2n) is 5.84. The Kier molecular flexibility index (Phi) is 6.61. The molecule has 3 rings (SSSR count). The zero-order valence-electron chi connectivity index (χ0n) is 15.1. The van der Waals surface area contributed by atoms with Gasteiger partial charge in [-0.2, -0.15) is 5.26 Å². The van der Waals surface area contributed by atoms with E-state index in [0.717, 1.165) is 6.07 Å². The minimum atomic E-state index is -0.670. The van der Waals surface area contributed by atoms with Gasteiger partial charge in [0, 0.05) is 15.5 Å². The van der Waals surface area contributed by atoms with Gasteiger partial charge in [0.25, 0.3) is 5.91 Å². The number of nitriles is 1. The fourth-order valence-corrected chi connectivity index (χ4v) is 3.48. The molecule has 0 bridgehead atoms. The number of hydrogen-bond acceptors (Lipinski definition) is 5. The molecule has 0 fully saturated rings. The van der Waals surface area contributed by atoms with E-state index >= 15 is 0 Å². The van der Waals surface area contributed by atoms with Gasteiger partial charge in [0.2, 0.25) is 0 Å². The number of carbonyl (C=O) groups excluding carboxylic acids is 2. The lowest BCUT2D eigenvalue weighted by atomic mass is 10.2. The van der Waals surface area contributed by atoms with Crippen molar-refractivity contribution < 1.29 is 18.7 Å². The van der Waals surface area contributed by atoms with Crippen LogP contribution in [0.4, 0.5) is 10.1 Å². The Morgan fingerprint density at radius 3 is 2.48 bits per heavy atom. The third-order valence-electron chi connectivity index (χ3n) is 3.78. The molecule has 0 saturated heterocycles. The fraction of sp³-hybridized carbons (Fsp3) is 0.0455. The summed E-state index contributed by atoms with van der Waals surface area (Å²) >= 11 is 1.27. The molecule has 5 nitrogen and oxygen atoms in total. The average molecular weight is 406 g/mol. The lowest BCUT2D eigenvalue weighted by Crippen LogP contribution is -2.21. The number of halogens is 1. The number of ether oxygens (including phenoxy) is 1. The lowest BCUT2D eigenvalue weighted by Gasteiger charge is -2.10. The van der Waals surface area contributed by atoms with E-state index in [0.29, 0.717) is 15.4 Å². The molecule has 7 heteroatoms. The first-order valence-electron chi connectivity index (χ1n) is 8.55. The largest absolute Gasteiger partial charge is 0.452 e. The second-order valence-corrected chi connectivity index (χ2v) is 6.92. The zero-order chi connectivity index (χ0) is 20.6. The molecule has 0 atom stereocenters. The number of esters is 1. The molecule has 0 aliphatic carbocycles. The van der Waals surface area contributed by atoms with Gasteiger partial charge in [0.05, 0.1) is 11.1 Å². The summed E-state index contributed by atoms with van der Waals surface area (Å²) in [5, 5.41) is 11.7. The normalized spacial score (nSPS) is 10.1. The third kappa shape index (κ3) is 5.43. The van der Waals surface area contributed by atoms with Gasteiger partial charge in [0.1, 0.15) is 11.9 Å². The van der Waals surface area contributed by atoms with Crippen molar-refractivity contribution >= 4 is 29.3 Å². The number of carbonyl (C=O) groups is 2. The molecule has 0 spiro atoms. The van der Waals surface area contributed by atoms with E-state index in [9.17, 15) is 19.2 Å². The fourth-order valence-electron chi connectivity index (χ4n) is 2.46. The number of hydrogen-bond donors (Lipinski definition) is 1. The monoisotopic (exact) mass is 406 g/mol. The number of amides is 1. The molecule has 0 aliphatic rings. The Morgan fingerprint density at radius 2 is 1.72 bits per heavy atom. The summed E-state index contributed by atoms with van der Waals surface area (Å²) in [5.74, 6) is -1.73. The highest BCUT2D eigenvalue weighted by molar-refractivity contribution is 7.99. The van der Waals surface area contributed by atoms with Gasteiger partial charge in [-0.3, -0.25) is 4.79 Å². The van der Waals surface area contributed by atoms with Crippen LogP contribution >= 0.6 is 11.8 Å². The number of nitrogens with zero attached hydrogens (tertiary/aromatic N) is 1. The lowest BCUT2D eigenvalue weighted by molar-refractivity contribution is -0.119. The van der Waals surface area contributed by atoms with Crippen LogP contribution < -0.4 is 5.32 Å². The van der Waals surface area contributed by atoms with Crippen molar-refractivity contribution in [1.29, 1.82) is 5.26 Å². The first kappa shape index (κ1) is 20.1. The van der Waals surface area contributed by atoms with Gasteiger partial charge in [-0.25, -0.2) is 9.18 Å². The van der Waals surface area contributed by atoms with Crippen molar-refractivity contribution in [3.05, 3.63) is 89.7 Å². The summed E-state index contributed by atoms with van der Waals surface area (Å²) in [6, 6.07) is 21.4. The van der Waals surface area contributed by atoms with Crippen molar-refractivity contribution in [3.8, 4) is 6.07 Å². The van der Waals surface area contributed by atoms with Gasteiger partial charge in [-0.1, -0.05) is 42.1 Å². The molecule has 0 aliphatic heterocycles. The minimum Gasteiger partial charge on any atom is -0.452 e. The number of benzene rings is 3. The minimum absolute atomic E-state index is 0.273. The van der Waals surface area contributed by atoms with E-state index < -0.39 is 24.3 Å². The Balaban J connectivity index is 1.67. The van der Waals surface area contributed by atoms with Crippen molar-refractivity contribution in [1.82, 2.24) is 0 Å². The summed E-state index contributed by atoms with van der Waals surface area (Å²) < 4.78 is 18.3. The van der Waals surface area contributed by atoms with Crippen LogP contribution in [-0.2, 0) is 9.53 Å². The molecule has 3 aromatic carbocycles. The maximum absolute atomic E-state index is 13.2. The third-order valence-corrected chi connectivity index (χ3v) is 4.93. The van der Waals surface area contributed by atoms with Gasteiger partial charge in [0.15, 0.2) is 6.61 Å². The number of anilines is 1. The molecular weight excluding hydrogens is 391 g/mol. The Bertz CT molecular complexity index is 1100. The van der Waals surface area contributed by atoms with E-state index in [4.69, 9.17) is 4.74 Å². The van der Waals surface area contributed by atoms with Crippen LogP contribution in [0.3, 0.4) is 0 Å². The van der Waals surface area contributed by atoms with Crippen molar-refractivity contribution in [2.24, 2.45) is 0 Å². The molecule has 0 aromatic heterocycles. The highest BCUT2D eigenvalue weighted by Gasteiger charge is 2.16. The molecule has 0 heterocycles. The van der Waals surface area contributed by atoms with E-state index in [2.05, 4.69) is 11.4 Å². The van der Waals surface area contributed by atoms with Crippen LogP contribution in [0.5, 0.6) is 0 Å². The SMILES string of the molecule is N#Cc1ccccc1Sc1ccccc1C(=O)OCC(=O)Nc1cccc(F)c1. The highest BCUT2D eigenvalue weighted by Crippen LogP contribution is 2.32. The quantitative estimate of drug-likeness (QED) is 0.603. The average Bonchev–Trinajstić information content (AvgIpc) is 2.73. The van der Waals surface area contributed by atoms with Crippen LogP contribution in [0.15, 0.2) is 82.6 Å². The smallest absolute Gasteiger partial charge is 0.339 e. The second kappa shape index (κ2) is 9.53. The van der Waals surface area contributed by atoms with Crippen molar-refractivity contribution in [2.45, 2.75) is 9.79 Å². The van der Waals surface area contributed by atoms with Gasteiger partial charge in [-0.15, -0.1) is 0 Å². The van der Waals surface area contributed by atoms with Crippen LogP contribution in [0.25, 0.3) is 0 Å². The van der Waals surface area contributed by atoms with Crippen molar-refractivity contribution in [3.63, 3.8) is 0 Å². The van der Waals surface area contributed by atoms with Crippen LogP contribution in [0.2, 0.25) is 0 Å². The summed E-state index contributed by atoms with van der Waals surface area (Å²) in [4.78, 5) is 25.8. The standard InChI is InChI=1S/C22H15FN2O3S/c23-16-7-5-8-17(12-16)25-21(26)14-28-22(27)18-9-2-4-11-20(18)29-19-10-3-1-6-15(19)13-24/h1-12H,14H2,(H,25,26). The predicted octanol–water partition coefficient (Wildman–Crippen LogP) is 4.64. The molecule has 0 unspecified atom stereocenters. The van der Waals surface area contributed by atoms with Gasteiger partial charge < -0.3 is 10.1 Å². The molecule has 0 radical (unpaired) electrons. The van der Waals surface area contributed by atoms with Gasteiger partial charge >= 0.3 is 5.97 Å². The van der Waals surface area contributed by atoms with E-state index in [1.807, 2.05) is 0 Å². The van der Waals surface area contributed by atoms with E-state index in [1.54, 1.807) is 48.5 Å². The predicted molar refractivity (Wildman–Crippen MR) is 107 cm³/mol. The Morgan fingerprint density at radius 1 is 1.00 bits per heavy atom. The van der Waals surface area contributed by atoms with Crippen molar-refractivity contribution in [2.75, 3.05) is 11.9 Å². The molecule has 1 amide bonds. The van der Waals surface area contributed by atoms with E-state index in [1.165, 1.54) is 30.0 Å². The molecular formula is C22H15FN2O3S. The van der Waals surface area contributed by atoms with Crippen LogP contribution in [0.1, 0.15) is 15.9 Å². The van der Waals surface area contributed by atoms with Gasteiger partial charge in [-0.05, 0) is 42.5 Å². The summed E-state index contributed by atoms with van der Waals surface area (Å²) in [5.41, 5.74) is 1.05. The maximum atomic E-state index is 13.2. The van der Waals surface area contributed by atoms with Crippen LogP contribution in [-0.4, -0.2) is 18.5 Å².